The van der Waals surface area contributed by atoms with Gasteiger partial charge in [-0.15, -0.1) is 0 Å². The number of nitrogens with two attached hydrogens (primary N) is 1. The summed E-state index contributed by atoms with van der Waals surface area (Å²) >= 11 is 0. The fraction of sp³-hybridized carbons (Fsp3) is 0.550. The normalized spacial score (nSPS) is 20.3. The van der Waals surface area contributed by atoms with Crippen LogP contribution in [0.3, 0.4) is 0 Å². The smallest absolute Gasteiger partial charge is 0.249 e. The van der Waals surface area contributed by atoms with E-state index in [4.69, 9.17) is 10.3 Å². The van der Waals surface area contributed by atoms with Crippen LogP contribution in [0.5, 0.6) is 0 Å². The van der Waals surface area contributed by atoms with Gasteiger partial charge in [0.1, 0.15) is 11.9 Å². The van der Waals surface area contributed by atoms with E-state index in [0.717, 1.165) is 25.3 Å². The lowest BCUT2D eigenvalue weighted by molar-refractivity contribution is -0.132. The second-order valence-corrected chi connectivity index (χ2v) is 7.97. The highest BCUT2D eigenvalue weighted by molar-refractivity contribution is 5.77. The van der Waals surface area contributed by atoms with Crippen LogP contribution >= 0.6 is 0 Å². The van der Waals surface area contributed by atoms with Gasteiger partial charge in [-0.05, 0) is 49.7 Å². The lowest BCUT2D eigenvalue weighted by Gasteiger charge is -2.23. The van der Waals surface area contributed by atoms with Gasteiger partial charge >= 0.3 is 0 Å². The Labute approximate surface area is 166 Å². The number of aromatic nitrogens is 2. The first-order valence-electron chi connectivity index (χ1n) is 9.91. The summed E-state index contributed by atoms with van der Waals surface area (Å²) in [5.41, 5.74) is 5.95. The van der Waals surface area contributed by atoms with Gasteiger partial charge in [-0.2, -0.15) is 4.98 Å². The zero-order chi connectivity index (χ0) is 20.5. The van der Waals surface area contributed by atoms with E-state index in [2.05, 4.69) is 10.1 Å². The molecular formula is C20H23F3N4O2. The molecule has 2 fully saturated rings. The molecule has 4 rings (SSSR count). The molecule has 0 bridgehead atoms. The molecule has 2 heterocycles. The minimum Gasteiger partial charge on any atom is -0.337 e. The molecule has 0 spiro atoms. The highest BCUT2D eigenvalue weighted by Gasteiger charge is 2.35. The molecule has 1 aliphatic carbocycles. The van der Waals surface area contributed by atoms with Crippen molar-refractivity contribution in [2.24, 2.45) is 11.7 Å². The van der Waals surface area contributed by atoms with Gasteiger partial charge in [-0.25, -0.2) is 13.2 Å². The average molecular weight is 408 g/mol. The fourth-order valence-electron chi connectivity index (χ4n) is 3.80. The van der Waals surface area contributed by atoms with Crippen LogP contribution in [0.2, 0.25) is 0 Å². The van der Waals surface area contributed by atoms with Crippen molar-refractivity contribution >= 4 is 5.91 Å². The standard InChI is InChI=1S/C20H23F3N4O2/c21-14-10-16(23)15(22)8-12(14)7-13(24)9-19(28)27-5-1-2-17(27)20-25-18(26-29-20)6-11-3-4-11/h8,10-11,13,17H,1-7,9,24H2. The van der Waals surface area contributed by atoms with Crippen molar-refractivity contribution in [2.45, 2.75) is 57.0 Å². The Bertz CT molecular complexity index is 900. The highest BCUT2D eigenvalue weighted by Crippen LogP contribution is 2.34. The maximum absolute atomic E-state index is 13.8. The third kappa shape index (κ3) is 4.60. The number of halogens is 3. The molecule has 1 amide bonds. The molecule has 2 aliphatic rings. The summed E-state index contributed by atoms with van der Waals surface area (Å²) in [5.74, 6) is -1.73. The minimum absolute atomic E-state index is 0.0436. The van der Waals surface area contributed by atoms with E-state index >= 15 is 0 Å². The van der Waals surface area contributed by atoms with E-state index in [1.165, 1.54) is 12.8 Å². The van der Waals surface area contributed by atoms with E-state index in [0.29, 0.717) is 30.2 Å². The van der Waals surface area contributed by atoms with Gasteiger partial charge in [0.05, 0.1) is 0 Å². The molecule has 2 N–H and O–H groups in total. The number of hydrogen-bond acceptors (Lipinski definition) is 5. The predicted molar refractivity (Wildman–Crippen MR) is 97.0 cm³/mol. The van der Waals surface area contributed by atoms with Crippen molar-refractivity contribution in [3.05, 3.63) is 46.9 Å². The number of amides is 1. The summed E-state index contributed by atoms with van der Waals surface area (Å²) in [6.45, 7) is 0.552. The average Bonchev–Trinajstić information content (AvgIpc) is 3.15. The molecule has 0 radical (unpaired) electrons. The molecule has 1 saturated heterocycles. The largest absolute Gasteiger partial charge is 0.337 e. The summed E-state index contributed by atoms with van der Waals surface area (Å²) in [5, 5.41) is 4.02. The topological polar surface area (TPSA) is 85.3 Å². The van der Waals surface area contributed by atoms with Crippen molar-refractivity contribution in [3.63, 3.8) is 0 Å². The number of carbonyl (C=O) groups excluding carboxylic acids is 1. The predicted octanol–water partition coefficient (Wildman–Crippen LogP) is 3.06. The molecule has 2 atom stereocenters. The Morgan fingerprint density at radius 2 is 1.97 bits per heavy atom. The third-order valence-electron chi connectivity index (χ3n) is 5.52. The number of hydrogen-bond donors (Lipinski definition) is 1. The highest BCUT2D eigenvalue weighted by atomic mass is 19.2. The Balaban J connectivity index is 1.38. The van der Waals surface area contributed by atoms with Crippen LogP contribution in [0.25, 0.3) is 0 Å². The number of nitrogens with zero attached hydrogens (tertiary/aromatic N) is 3. The Hall–Kier alpha value is -2.42. The summed E-state index contributed by atoms with van der Waals surface area (Å²) in [7, 11) is 0. The van der Waals surface area contributed by atoms with Gasteiger partial charge in [0, 0.05) is 31.5 Å². The Morgan fingerprint density at radius 3 is 2.72 bits per heavy atom. The van der Waals surface area contributed by atoms with E-state index in [-0.39, 0.29) is 30.4 Å². The zero-order valence-corrected chi connectivity index (χ0v) is 15.9. The van der Waals surface area contributed by atoms with E-state index in [9.17, 15) is 18.0 Å². The monoisotopic (exact) mass is 408 g/mol. The second-order valence-electron chi connectivity index (χ2n) is 7.97. The first-order valence-corrected chi connectivity index (χ1v) is 9.91. The first-order chi connectivity index (χ1) is 13.9. The lowest BCUT2D eigenvalue weighted by atomic mass is 10.0. The lowest BCUT2D eigenvalue weighted by Crippen LogP contribution is -2.36. The van der Waals surface area contributed by atoms with Gasteiger partial charge in [0.15, 0.2) is 17.5 Å². The quantitative estimate of drug-likeness (QED) is 0.712. The van der Waals surface area contributed by atoms with Crippen molar-refractivity contribution in [2.75, 3.05) is 6.54 Å². The van der Waals surface area contributed by atoms with Crippen LogP contribution in [-0.4, -0.2) is 33.5 Å². The molecule has 2 aromatic rings. The summed E-state index contributed by atoms with van der Waals surface area (Å²) < 4.78 is 45.6. The molecule has 6 nitrogen and oxygen atoms in total. The molecule has 156 valence electrons. The van der Waals surface area contributed by atoms with Crippen molar-refractivity contribution in [3.8, 4) is 0 Å². The molecule has 1 aromatic carbocycles. The van der Waals surface area contributed by atoms with Crippen LogP contribution in [0.15, 0.2) is 16.7 Å². The number of benzene rings is 1. The van der Waals surface area contributed by atoms with Crippen LogP contribution in [0, 0.1) is 23.4 Å². The molecule has 2 unspecified atom stereocenters. The van der Waals surface area contributed by atoms with E-state index < -0.39 is 23.5 Å². The molecular weight excluding hydrogens is 385 g/mol. The van der Waals surface area contributed by atoms with E-state index in [1.807, 2.05) is 0 Å². The minimum atomic E-state index is -1.25. The van der Waals surface area contributed by atoms with Gasteiger partial charge in [-0.3, -0.25) is 4.79 Å². The fourth-order valence-corrected chi connectivity index (χ4v) is 3.80. The first kappa shape index (κ1) is 19.9. The van der Waals surface area contributed by atoms with Gasteiger partial charge < -0.3 is 15.2 Å². The van der Waals surface area contributed by atoms with E-state index in [1.54, 1.807) is 4.90 Å². The molecule has 1 saturated carbocycles. The number of carbonyl (C=O) groups is 1. The number of likely N-dealkylation sites (tertiary alicyclic amines) is 1. The molecule has 1 aliphatic heterocycles. The summed E-state index contributed by atoms with van der Waals surface area (Å²) in [4.78, 5) is 18.9. The summed E-state index contributed by atoms with van der Waals surface area (Å²) in [6.07, 6.45) is 4.60. The molecule has 29 heavy (non-hydrogen) atoms. The van der Waals surface area contributed by atoms with Gasteiger partial charge in [0.2, 0.25) is 11.8 Å². The van der Waals surface area contributed by atoms with Gasteiger partial charge in [-0.1, -0.05) is 5.16 Å². The molecule has 9 heteroatoms. The number of rotatable bonds is 7. The Morgan fingerprint density at radius 1 is 1.21 bits per heavy atom. The van der Waals surface area contributed by atoms with Crippen molar-refractivity contribution in [1.29, 1.82) is 0 Å². The SMILES string of the molecule is NC(CC(=O)N1CCCC1c1nc(CC2CC2)no1)Cc1cc(F)c(F)cc1F. The molecule has 1 aromatic heterocycles. The van der Waals surface area contributed by atoms with Crippen LogP contribution < -0.4 is 5.73 Å². The zero-order valence-electron chi connectivity index (χ0n) is 15.9. The van der Waals surface area contributed by atoms with Crippen molar-refractivity contribution < 1.29 is 22.5 Å². The maximum atomic E-state index is 13.8. The van der Waals surface area contributed by atoms with Gasteiger partial charge in [0.25, 0.3) is 0 Å². The third-order valence-corrected chi connectivity index (χ3v) is 5.52. The van der Waals surface area contributed by atoms with Crippen molar-refractivity contribution in [1.82, 2.24) is 15.0 Å². The van der Waals surface area contributed by atoms with Crippen LogP contribution in [0.4, 0.5) is 13.2 Å². The Kier molecular flexibility index (Phi) is 5.58. The van der Waals surface area contributed by atoms with Crippen LogP contribution in [-0.2, 0) is 17.6 Å². The van der Waals surface area contributed by atoms with Crippen LogP contribution in [0.1, 0.15) is 55.4 Å². The second kappa shape index (κ2) is 8.14. The maximum Gasteiger partial charge on any atom is 0.249 e. The summed E-state index contributed by atoms with van der Waals surface area (Å²) in [6, 6.07) is 0.268.